The van der Waals surface area contributed by atoms with Gasteiger partial charge in [-0.1, -0.05) is 19.3 Å². The molecule has 0 bridgehead atoms. The largest absolute Gasteiger partial charge is 0.316 e. The van der Waals surface area contributed by atoms with Crippen LogP contribution < -0.4 is 5.32 Å². The van der Waals surface area contributed by atoms with Gasteiger partial charge in [0.05, 0.1) is 6.04 Å². The molecule has 1 aliphatic heterocycles. The van der Waals surface area contributed by atoms with Gasteiger partial charge in [0.15, 0.2) is 5.82 Å². The zero-order valence-corrected chi connectivity index (χ0v) is 10.3. The van der Waals surface area contributed by atoms with Crippen LogP contribution in [0.2, 0.25) is 0 Å². The van der Waals surface area contributed by atoms with Gasteiger partial charge in [-0.25, -0.2) is 0 Å². The summed E-state index contributed by atoms with van der Waals surface area (Å²) >= 11 is 0. The van der Waals surface area contributed by atoms with Crippen molar-refractivity contribution >= 4 is 0 Å². The minimum absolute atomic E-state index is 0.473. The van der Waals surface area contributed by atoms with Gasteiger partial charge in [-0.05, 0) is 37.4 Å². The third kappa shape index (κ3) is 2.49. The molecule has 0 aromatic carbocycles. The summed E-state index contributed by atoms with van der Waals surface area (Å²) in [5.41, 5.74) is 0. The summed E-state index contributed by atoms with van der Waals surface area (Å²) in [5.74, 6) is 1.42. The van der Waals surface area contributed by atoms with Crippen molar-refractivity contribution in [1.29, 1.82) is 0 Å². The van der Waals surface area contributed by atoms with Crippen LogP contribution in [-0.4, -0.2) is 33.3 Å². The average Bonchev–Trinajstić information content (AvgIpc) is 2.90. The first-order valence-corrected chi connectivity index (χ1v) is 6.93. The smallest absolute Gasteiger partial charge is 0.179 e. The minimum Gasteiger partial charge on any atom is -0.316 e. The van der Waals surface area contributed by atoms with Gasteiger partial charge in [0, 0.05) is 12.5 Å². The van der Waals surface area contributed by atoms with Gasteiger partial charge in [-0.2, -0.15) is 4.80 Å². The Morgan fingerprint density at radius 3 is 2.71 bits per heavy atom. The molecule has 2 aliphatic rings. The first-order valence-electron chi connectivity index (χ1n) is 6.93. The Morgan fingerprint density at radius 1 is 1.06 bits per heavy atom. The van der Waals surface area contributed by atoms with Crippen molar-refractivity contribution in [3.05, 3.63) is 5.82 Å². The van der Waals surface area contributed by atoms with Crippen LogP contribution in [-0.2, 0) is 0 Å². The highest BCUT2D eigenvalue weighted by atomic mass is 15.6. The van der Waals surface area contributed by atoms with Crippen molar-refractivity contribution in [2.24, 2.45) is 0 Å². The molecule has 3 rings (SSSR count). The van der Waals surface area contributed by atoms with Crippen LogP contribution in [0.4, 0.5) is 0 Å². The number of aromatic nitrogens is 4. The van der Waals surface area contributed by atoms with Gasteiger partial charge in [-0.15, -0.1) is 10.2 Å². The molecule has 0 amide bonds. The fourth-order valence-electron chi connectivity index (χ4n) is 2.94. The van der Waals surface area contributed by atoms with Gasteiger partial charge in [0.2, 0.25) is 0 Å². The highest BCUT2D eigenvalue weighted by molar-refractivity contribution is 4.94. The van der Waals surface area contributed by atoms with Crippen molar-refractivity contribution in [3.8, 4) is 0 Å². The lowest BCUT2D eigenvalue weighted by atomic mass is 9.96. The number of piperidine rings is 1. The van der Waals surface area contributed by atoms with Gasteiger partial charge in [-0.3, -0.25) is 0 Å². The van der Waals surface area contributed by atoms with E-state index in [4.69, 9.17) is 0 Å². The first kappa shape index (κ1) is 11.1. The maximum atomic E-state index is 4.61. The molecule has 5 heteroatoms. The van der Waals surface area contributed by atoms with Gasteiger partial charge >= 0.3 is 0 Å². The van der Waals surface area contributed by atoms with Crippen LogP contribution in [0.1, 0.15) is 62.7 Å². The summed E-state index contributed by atoms with van der Waals surface area (Å²) in [6.45, 7) is 2.14. The van der Waals surface area contributed by atoms with Crippen LogP contribution in [0.3, 0.4) is 0 Å². The second-order valence-corrected chi connectivity index (χ2v) is 5.30. The second-order valence-electron chi connectivity index (χ2n) is 5.30. The van der Waals surface area contributed by atoms with Crippen LogP contribution in [0, 0.1) is 0 Å². The highest BCUT2D eigenvalue weighted by Gasteiger charge is 2.23. The summed E-state index contributed by atoms with van der Waals surface area (Å²) in [4.78, 5) is 1.88. The Bertz CT molecular complexity index is 317. The molecule has 1 saturated carbocycles. The second kappa shape index (κ2) is 5.12. The van der Waals surface area contributed by atoms with Crippen molar-refractivity contribution in [2.45, 2.75) is 56.9 Å². The molecule has 1 aromatic rings. The van der Waals surface area contributed by atoms with E-state index >= 15 is 0 Å². The van der Waals surface area contributed by atoms with E-state index in [9.17, 15) is 0 Å². The number of nitrogens with one attached hydrogen (secondary N) is 1. The lowest BCUT2D eigenvalue weighted by molar-refractivity contribution is 0.295. The van der Waals surface area contributed by atoms with Crippen LogP contribution in [0.15, 0.2) is 0 Å². The van der Waals surface area contributed by atoms with Gasteiger partial charge in [0.1, 0.15) is 0 Å². The molecule has 1 aromatic heterocycles. The van der Waals surface area contributed by atoms with E-state index < -0.39 is 0 Å². The molecule has 1 unspecified atom stereocenters. The maximum Gasteiger partial charge on any atom is 0.179 e. The lowest BCUT2D eigenvalue weighted by Gasteiger charge is -2.21. The first-order chi connectivity index (χ1) is 8.43. The highest BCUT2D eigenvalue weighted by Crippen LogP contribution is 2.27. The molecule has 17 heavy (non-hydrogen) atoms. The topological polar surface area (TPSA) is 55.6 Å². The third-order valence-corrected chi connectivity index (χ3v) is 4.01. The average molecular weight is 235 g/mol. The summed E-state index contributed by atoms with van der Waals surface area (Å²) < 4.78 is 0. The third-order valence-electron chi connectivity index (χ3n) is 4.01. The quantitative estimate of drug-likeness (QED) is 0.846. The minimum atomic E-state index is 0.473. The maximum absolute atomic E-state index is 4.61. The molecular weight excluding hydrogens is 214 g/mol. The van der Waals surface area contributed by atoms with E-state index in [2.05, 4.69) is 20.7 Å². The van der Waals surface area contributed by atoms with Crippen molar-refractivity contribution in [1.82, 2.24) is 25.5 Å². The molecule has 1 atom stereocenters. The normalized spacial score (nSPS) is 27.2. The molecule has 1 saturated heterocycles. The van der Waals surface area contributed by atoms with Crippen LogP contribution >= 0.6 is 0 Å². The number of hydrogen-bond donors (Lipinski definition) is 1. The molecule has 5 nitrogen and oxygen atoms in total. The molecule has 0 radical (unpaired) electrons. The Balaban J connectivity index is 1.68. The zero-order chi connectivity index (χ0) is 11.5. The lowest BCUT2D eigenvalue weighted by Crippen LogP contribution is -2.29. The number of rotatable bonds is 2. The SMILES string of the molecule is C1CCC(n2nnc(C3CCCNC3)n2)CC1. The Labute approximate surface area is 102 Å². The van der Waals surface area contributed by atoms with E-state index in [-0.39, 0.29) is 0 Å². The fourth-order valence-corrected chi connectivity index (χ4v) is 2.94. The molecule has 1 N–H and O–H groups in total. The molecule has 2 fully saturated rings. The van der Waals surface area contributed by atoms with Crippen molar-refractivity contribution in [3.63, 3.8) is 0 Å². The van der Waals surface area contributed by atoms with Crippen LogP contribution in [0.5, 0.6) is 0 Å². The molecule has 0 spiro atoms. The van der Waals surface area contributed by atoms with E-state index in [0.29, 0.717) is 12.0 Å². The van der Waals surface area contributed by atoms with Gasteiger partial charge in [0.25, 0.3) is 0 Å². The van der Waals surface area contributed by atoms with E-state index in [0.717, 1.165) is 18.9 Å². The van der Waals surface area contributed by atoms with Crippen molar-refractivity contribution < 1.29 is 0 Å². The summed E-state index contributed by atoms with van der Waals surface area (Å²) in [6, 6.07) is 0.501. The zero-order valence-electron chi connectivity index (χ0n) is 10.3. The number of hydrogen-bond acceptors (Lipinski definition) is 4. The standard InChI is InChI=1S/C12H21N5/c1-2-6-11(7-3-1)17-15-12(14-16-17)10-5-4-8-13-9-10/h10-11,13H,1-9H2. The van der Waals surface area contributed by atoms with E-state index in [1.807, 2.05) is 4.80 Å². The van der Waals surface area contributed by atoms with E-state index in [1.165, 1.54) is 44.9 Å². The molecule has 94 valence electrons. The fraction of sp³-hybridized carbons (Fsp3) is 0.917. The Kier molecular flexibility index (Phi) is 3.36. The monoisotopic (exact) mass is 235 g/mol. The predicted molar refractivity (Wildman–Crippen MR) is 64.8 cm³/mol. The summed E-state index contributed by atoms with van der Waals surface area (Å²) in [7, 11) is 0. The number of nitrogens with zero attached hydrogens (tertiary/aromatic N) is 4. The molecular formula is C12H21N5. The Hall–Kier alpha value is -0.970. The molecule has 2 heterocycles. The van der Waals surface area contributed by atoms with Crippen molar-refractivity contribution in [2.75, 3.05) is 13.1 Å². The van der Waals surface area contributed by atoms with Crippen LogP contribution in [0.25, 0.3) is 0 Å². The molecule has 1 aliphatic carbocycles. The Morgan fingerprint density at radius 2 is 1.94 bits per heavy atom. The summed E-state index contributed by atoms with van der Waals surface area (Å²) in [5, 5.41) is 16.5. The van der Waals surface area contributed by atoms with Gasteiger partial charge < -0.3 is 5.32 Å². The predicted octanol–water partition coefficient (Wildman–Crippen LogP) is 1.65. The number of tetrazole rings is 1. The summed E-state index contributed by atoms with van der Waals surface area (Å²) in [6.07, 6.45) is 8.85. The van der Waals surface area contributed by atoms with E-state index in [1.54, 1.807) is 0 Å².